The third-order valence-electron chi connectivity index (χ3n) is 8.99. The molecule has 1 saturated heterocycles. The average molecular weight is 677 g/mol. The Balaban J connectivity index is 1.03. The Morgan fingerprint density at radius 2 is 1.54 bits per heavy atom. The van der Waals surface area contributed by atoms with Crippen molar-refractivity contribution in [3.63, 3.8) is 0 Å². The maximum atomic E-state index is 12.8. The number of benzene rings is 3. The molecule has 12 heteroatoms. The minimum Gasteiger partial charge on any atom is -0.453 e. The number of likely N-dealkylation sites (tertiary alicyclic amines) is 1. The predicted octanol–water partition coefficient (Wildman–Crippen LogP) is 5.31. The minimum absolute atomic E-state index is 0.00750. The van der Waals surface area contributed by atoms with Crippen molar-refractivity contribution in [1.82, 2.24) is 40.4 Å². The Morgan fingerprint density at radius 3 is 2.30 bits per heavy atom. The number of hydrogen-bond donors (Lipinski definition) is 4. The average Bonchev–Trinajstić information content (AvgIpc) is 3.91. The molecule has 260 valence electrons. The van der Waals surface area contributed by atoms with Crippen molar-refractivity contribution in [3.8, 4) is 33.6 Å². The first kappa shape index (κ1) is 34.4. The summed E-state index contributed by atoms with van der Waals surface area (Å²) in [6.07, 6.45) is 7.43. The summed E-state index contributed by atoms with van der Waals surface area (Å²) in [5, 5.41) is 7.44. The van der Waals surface area contributed by atoms with Crippen molar-refractivity contribution in [2.24, 2.45) is 0 Å². The first-order valence-corrected chi connectivity index (χ1v) is 17.0. The van der Waals surface area contributed by atoms with Crippen LogP contribution in [0.4, 0.5) is 4.79 Å². The molecule has 3 aromatic carbocycles. The van der Waals surface area contributed by atoms with Gasteiger partial charge in [0, 0.05) is 25.1 Å². The zero-order valence-corrected chi connectivity index (χ0v) is 28.8. The number of unbranched alkanes of at least 4 members (excludes halogenated alkanes) is 1. The fourth-order valence-corrected chi connectivity index (χ4v) is 6.37. The second kappa shape index (κ2) is 15.8. The van der Waals surface area contributed by atoms with Gasteiger partial charge in [0.15, 0.2) is 0 Å². The number of aryl methyl sites for hydroxylation is 1. The molecule has 1 aliphatic rings. The number of likely N-dealkylation sites (N-methyl/N-ethyl adjacent to an activating group) is 1. The lowest BCUT2D eigenvalue weighted by molar-refractivity contribution is -0.132. The molecule has 3 heterocycles. The molecule has 0 spiro atoms. The first-order chi connectivity index (χ1) is 24.3. The summed E-state index contributed by atoms with van der Waals surface area (Å²) in [5.41, 5.74) is 6.31. The van der Waals surface area contributed by atoms with E-state index in [-0.39, 0.29) is 24.4 Å². The molecule has 5 aromatic rings. The van der Waals surface area contributed by atoms with Crippen LogP contribution in [0.1, 0.15) is 43.4 Å². The zero-order chi connectivity index (χ0) is 35.0. The van der Waals surface area contributed by atoms with Crippen LogP contribution in [0.2, 0.25) is 0 Å². The van der Waals surface area contributed by atoms with Crippen LogP contribution in [0.5, 0.6) is 0 Å². The van der Waals surface area contributed by atoms with Gasteiger partial charge in [-0.3, -0.25) is 9.59 Å². The molecular weight excluding hydrogens is 632 g/mol. The van der Waals surface area contributed by atoms with Crippen LogP contribution in [-0.2, 0) is 20.7 Å². The van der Waals surface area contributed by atoms with Crippen LogP contribution >= 0.6 is 0 Å². The van der Waals surface area contributed by atoms with E-state index in [1.807, 2.05) is 36.3 Å². The molecule has 2 aromatic heterocycles. The zero-order valence-electron chi connectivity index (χ0n) is 28.8. The van der Waals surface area contributed by atoms with E-state index in [2.05, 4.69) is 96.0 Å². The summed E-state index contributed by atoms with van der Waals surface area (Å²) in [6.45, 7) is 1.59. The number of methoxy groups -OCH3 is 1. The number of carbonyl (C=O) groups excluding carboxylic acids is 3. The number of nitrogens with one attached hydrogen (secondary N) is 4. The number of amides is 3. The highest BCUT2D eigenvalue weighted by atomic mass is 16.5. The number of aromatic amines is 2. The lowest BCUT2D eigenvalue weighted by Gasteiger charge is -2.24. The molecule has 3 amide bonds. The summed E-state index contributed by atoms with van der Waals surface area (Å²) in [6, 6.07) is 21.4. The number of fused-ring (bicyclic) bond motifs is 1. The molecule has 50 heavy (non-hydrogen) atoms. The van der Waals surface area contributed by atoms with Crippen LogP contribution in [0.25, 0.3) is 44.4 Å². The van der Waals surface area contributed by atoms with E-state index < -0.39 is 6.09 Å². The predicted molar refractivity (Wildman–Crippen MR) is 193 cm³/mol. The maximum Gasteiger partial charge on any atom is 0.407 e. The maximum absolute atomic E-state index is 12.8. The van der Waals surface area contributed by atoms with Gasteiger partial charge in [-0.05, 0) is 79.4 Å². The molecular formula is C38H44N8O4. The van der Waals surface area contributed by atoms with Gasteiger partial charge in [0.25, 0.3) is 0 Å². The van der Waals surface area contributed by atoms with E-state index in [1.165, 1.54) is 7.11 Å². The van der Waals surface area contributed by atoms with Crippen molar-refractivity contribution < 1.29 is 19.1 Å². The topological polar surface area (TPSA) is 148 Å². The van der Waals surface area contributed by atoms with E-state index in [4.69, 9.17) is 0 Å². The first-order valence-electron chi connectivity index (χ1n) is 17.0. The highest BCUT2D eigenvalue weighted by molar-refractivity contribution is 5.90. The quantitative estimate of drug-likeness (QED) is 0.124. The van der Waals surface area contributed by atoms with Gasteiger partial charge in [-0.25, -0.2) is 14.8 Å². The number of alkyl carbamates (subject to hydrolysis) is 1. The van der Waals surface area contributed by atoms with E-state index in [0.717, 1.165) is 94.7 Å². The van der Waals surface area contributed by atoms with Gasteiger partial charge in [0.05, 0.1) is 50.0 Å². The van der Waals surface area contributed by atoms with Crippen LogP contribution in [-0.4, -0.2) is 95.0 Å². The lowest BCUT2D eigenvalue weighted by atomic mass is 9.98. The fraction of sp³-hybridized carbons (Fsp3) is 0.342. The van der Waals surface area contributed by atoms with Gasteiger partial charge in [-0.2, -0.15) is 0 Å². The van der Waals surface area contributed by atoms with Gasteiger partial charge in [-0.1, -0.05) is 48.5 Å². The normalized spacial score (nSPS) is 14.3. The highest BCUT2D eigenvalue weighted by Crippen LogP contribution is 2.33. The number of rotatable bonds is 13. The Hall–Kier alpha value is -5.49. The Morgan fingerprint density at radius 1 is 0.860 bits per heavy atom. The molecule has 12 nitrogen and oxygen atoms in total. The minimum atomic E-state index is -0.628. The number of ether oxygens (including phenoxy) is 1. The Labute approximate surface area is 291 Å². The van der Waals surface area contributed by atoms with Crippen molar-refractivity contribution in [2.45, 2.75) is 38.1 Å². The second-order valence-electron chi connectivity index (χ2n) is 12.9. The van der Waals surface area contributed by atoms with Gasteiger partial charge >= 0.3 is 6.09 Å². The molecule has 0 saturated carbocycles. The summed E-state index contributed by atoms with van der Waals surface area (Å²) in [7, 11) is 5.09. The molecule has 1 fully saturated rings. The molecule has 0 radical (unpaired) electrons. The van der Waals surface area contributed by atoms with Gasteiger partial charge in [-0.15, -0.1) is 0 Å². The smallest absolute Gasteiger partial charge is 0.407 e. The molecule has 1 unspecified atom stereocenters. The Kier molecular flexibility index (Phi) is 10.9. The molecule has 0 bridgehead atoms. The molecule has 6 rings (SSSR count). The number of nitrogens with zero attached hydrogens (tertiary/aromatic N) is 4. The number of imidazole rings is 2. The van der Waals surface area contributed by atoms with Gasteiger partial charge in [0.2, 0.25) is 11.8 Å². The van der Waals surface area contributed by atoms with E-state index >= 15 is 0 Å². The van der Waals surface area contributed by atoms with Gasteiger partial charge in [0.1, 0.15) is 11.6 Å². The van der Waals surface area contributed by atoms with E-state index in [9.17, 15) is 14.4 Å². The fourth-order valence-electron chi connectivity index (χ4n) is 6.37. The largest absolute Gasteiger partial charge is 0.453 e. The number of carbonyl (C=O) groups is 3. The van der Waals surface area contributed by atoms with Crippen molar-refractivity contribution in [1.29, 1.82) is 0 Å². The second-order valence-corrected chi connectivity index (χ2v) is 12.9. The van der Waals surface area contributed by atoms with Crippen molar-refractivity contribution in [2.75, 3.05) is 47.4 Å². The lowest BCUT2D eigenvalue weighted by Crippen LogP contribution is -2.37. The standard InChI is InChI=1S/C38H44N8O4/c1-45(2)24-36(48)46-18-6-7-33(46)37-41-22-31(44-37)26-11-9-25(10-12-26)27-13-14-29-20-30(16-15-28(29)19-27)32-21-40-34(43-32)8-4-5-17-39-35(47)23-42-38(49)50-3/h9-16,19-22,33H,4-8,17-18,23-24H2,1-3H3,(H,39,47)(H,40,43)(H,41,44)(H,42,49). The highest BCUT2D eigenvalue weighted by Gasteiger charge is 2.32. The summed E-state index contributed by atoms with van der Waals surface area (Å²) < 4.78 is 4.46. The van der Waals surface area contributed by atoms with Crippen LogP contribution in [0.3, 0.4) is 0 Å². The molecule has 0 aliphatic carbocycles. The van der Waals surface area contributed by atoms with Gasteiger partial charge < -0.3 is 35.1 Å². The molecule has 4 N–H and O–H groups in total. The Bertz CT molecular complexity index is 1950. The van der Waals surface area contributed by atoms with Crippen LogP contribution in [0.15, 0.2) is 73.1 Å². The number of H-pyrrole nitrogens is 2. The van der Waals surface area contributed by atoms with Crippen molar-refractivity contribution >= 4 is 28.7 Å². The molecule has 1 aliphatic heterocycles. The summed E-state index contributed by atoms with van der Waals surface area (Å²) >= 11 is 0. The number of aromatic nitrogens is 4. The third kappa shape index (κ3) is 8.38. The van der Waals surface area contributed by atoms with E-state index in [1.54, 1.807) is 0 Å². The number of hydrogen-bond acceptors (Lipinski definition) is 7. The van der Waals surface area contributed by atoms with Crippen LogP contribution < -0.4 is 10.6 Å². The monoisotopic (exact) mass is 676 g/mol. The third-order valence-corrected chi connectivity index (χ3v) is 8.99. The SMILES string of the molecule is COC(=O)NCC(=O)NCCCCc1ncc(-c2ccc3cc(-c4ccc(-c5cnc(C6CCCN6C(=O)CN(C)C)[nH]5)cc4)ccc3c2)[nH]1. The summed E-state index contributed by atoms with van der Waals surface area (Å²) in [4.78, 5) is 55.6. The van der Waals surface area contributed by atoms with Crippen LogP contribution in [0, 0.1) is 0 Å². The van der Waals surface area contributed by atoms with Crippen molar-refractivity contribution in [3.05, 3.63) is 84.7 Å². The summed E-state index contributed by atoms with van der Waals surface area (Å²) in [5.74, 6) is 1.64. The molecule has 1 atom stereocenters. The van der Waals surface area contributed by atoms with E-state index in [0.29, 0.717) is 13.1 Å².